The van der Waals surface area contributed by atoms with Crippen molar-refractivity contribution < 1.29 is 13.2 Å². The number of aromatic nitrogens is 1. The second-order valence-corrected chi connectivity index (χ2v) is 8.55. The van der Waals surface area contributed by atoms with Crippen LogP contribution in [0.15, 0.2) is 41.4 Å². The summed E-state index contributed by atoms with van der Waals surface area (Å²) in [6.45, 7) is 1.23. The maximum absolute atomic E-state index is 12.8. The molecule has 0 spiro atoms. The van der Waals surface area contributed by atoms with Crippen LogP contribution in [-0.4, -0.2) is 49.8 Å². The molecular weight excluding hydrogens is 399 g/mol. The monoisotopic (exact) mass is 414 g/mol. The Labute approximate surface area is 161 Å². The highest BCUT2D eigenvalue weighted by molar-refractivity contribution is 7.89. The van der Waals surface area contributed by atoms with E-state index in [9.17, 15) is 13.2 Å². The van der Waals surface area contributed by atoms with Crippen LogP contribution in [0.2, 0.25) is 10.0 Å². The fourth-order valence-corrected chi connectivity index (χ4v) is 4.96. The van der Waals surface area contributed by atoms with Gasteiger partial charge >= 0.3 is 0 Å². The second kappa shape index (κ2) is 7.40. The van der Waals surface area contributed by atoms with Gasteiger partial charge in [-0.25, -0.2) is 13.4 Å². The lowest BCUT2D eigenvalue weighted by molar-refractivity contribution is 0.100. The van der Waals surface area contributed by atoms with Crippen molar-refractivity contribution in [2.24, 2.45) is 5.73 Å². The van der Waals surface area contributed by atoms with E-state index in [1.165, 1.54) is 22.5 Å². The van der Waals surface area contributed by atoms with Crippen LogP contribution in [0.4, 0.5) is 5.82 Å². The summed E-state index contributed by atoms with van der Waals surface area (Å²) < 4.78 is 27.0. The topological polar surface area (TPSA) is 96.6 Å². The van der Waals surface area contributed by atoms with Gasteiger partial charge in [-0.3, -0.25) is 4.79 Å². The zero-order chi connectivity index (χ0) is 18.9. The van der Waals surface area contributed by atoms with Gasteiger partial charge in [0.05, 0.1) is 10.5 Å². The highest BCUT2D eigenvalue weighted by Gasteiger charge is 2.30. The first-order chi connectivity index (χ1) is 12.3. The number of hydrogen-bond donors (Lipinski definition) is 1. The van der Waals surface area contributed by atoms with Crippen LogP contribution in [0.25, 0.3) is 0 Å². The summed E-state index contributed by atoms with van der Waals surface area (Å²) in [5.74, 6) is -0.112. The number of rotatable bonds is 4. The number of anilines is 1. The summed E-state index contributed by atoms with van der Waals surface area (Å²) in [6, 6.07) is 7.46. The quantitative estimate of drug-likeness (QED) is 0.824. The van der Waals surface area contributed by atoms with Gasteiger partial charge in [-0.05, 0) is 30.3 Å². The molecular formula is C16H16Cl2N4O3S. The van der Waals surface area contributed by atoms with Gasteiger partial charge in [0.2, 0.25) is 10.0 Å². The van der Waals surface area contributed by atoms with Crippen molar-refractivity contribution in [2.75, 3.05) is 31.1 Å². The molecule has 2 aromatic rings. The number of primary amides is 1. The molecule has 26 heavy (non-hydrogen) atoms. The number of benzene rings is 1. The molecule has 1 aliphatic heterocycles. The third-order valence-corrected chi connectivity index (χ3v) is 6.38. The molecule has 1 amide bonds. The first-order valence-corrected chi connectivity index (χ1v) is 9.94. The molecule has 3 rings (SSSR count). The summed E-state index contributed by atoms with van der Waals surface area (Å²) >= 11 is 11.8. The molecule has 138 valence electrons. The second-order valence-electron chi connectivity index (χ2n) is 5.74. The number of carbonyl (C=O) groups excluding carboxylic acids is 1. The third-order valence-electron chi connectivity index (χ3n) is 4.06. The fourth-order valence-electron chi connectivity index (χ4n) is 2.81. The average molecular weight is 415 g/mol. The predicted octanol–water partition coefficient (Wildman–Crippen LogP) is 2.00. The van der Waals surface area contributed by atoms with Crippen LogP contribution < -0.4 is 10.6 Å². The van der Waals surface area contributed by atoms with E-state index in [1.54, 1.807) is 18.3 Å². The zero-order valence-corrected chi connectivity index (χ0v) is 15.9. The van der Waals surface area contributed by atoms with Crippen molar-refractivity contribution >= 4 is 45.0 Å². The van der Waals surface area contributed by atoms with E-state index in [4.69, 9.17) is 28.9 Å². The van der Waals surface area contributed by atoms with Crippen molar-refractivity contribution in [1.82, 2.24) is 9.29 Å². The smallest absolute Gasteiger partial charge is 0.252 e. The Balaban J connectivity index is 1.79. The van der Waals surface area contributed by atoms with Gasteiger partial charge in [-0.15, -0.1) is 0 Å². The Morgan fingerprint density at radius 2 is 1.69 bits per heavy atom. The van der Waals surface area contributed by atoms with E-state index in [1.807, 2.05) is 4.90 Å². The lowest BCUT2D eigenvalue weighted by Gasteiger charge is -2.35. The SMILES string of the molecule is NC(=O)c1cccnc1N1CCN(S(=O)(=O)c2cc(Cl)cc(Cl)c2)CC1. The largest absolute Gasteiger partial charge is 0.365 e. The summed E-state index contributed by atoms with van der Waals surface area (Å²) in [5, 5.41) is 0.517. The van der Waals surface area contributed by atoms with E-state index < -0.39 is 15.9 Å². The minimum Gasteiger partial charge on any atom is -0.365 e. The lowest BCUT2D eigenvalue weighted by atomic mass is 10.2. The maximum Gasteiger partial charge on any atom is 0.252 e. The van der Waals surface area contributed by atoms with Gasteiger partial charge in [0.1, 0.15) is 5.82 Å². The maximum atomic E-state index is 12.8. The first kappa shape index (κ1) is 18.9. The average Bonchev–Trinajstić information content (AvgIpc) is 2.61. The van der Waals surface area contributed by atoms with Crippen LogP contribution in [0.5, 0.6) is 0 Å². The predicted molar refractivity (Wildman–Crippen MR) is 100 cm³/mol. The van der Waals surface area contributed by atoms with Crippen molar-refractivity contribution in [3.05, 3.63) is 52.1 Å². The highest BCUT2D eigenvalue weighted by Crippen LogP contribution is 2.26. The van der Waals surface area contributed by atoms with Gasteiger partial charge in [0.15, 0.2) is 0 Å². The van der Waals surface area contributed by atoms with E-state index in [0.717, 1.165) is 0 Å². The number of carbonyl (C=O) groups is 1. The summed E-state index contributed by atoms with van der Waals surface area (Å²) in [6.07, 6.45) is 1.57. The number of halogens is 2. The zero-order valence-electron chi connectivity index (χ0n) is 13.6. The number of amides is 1. The minimum absolute atomic E-state index is 0.0547. The van der Waals surface area contributed by atoms with Gasteiger partial charge in [-0.2, -0.15) is 4.31 Å². The number of nitrogens with two attached hydrogens (primary N) is 1. The van der Waals surface area contributed by atoms with Gasteiger partial charge in [0, 0.05) is 42.4 Å². The van der Waals surface area contributed by atoms with Crippen LogP contribution in [-0.2, 0) is 10.0 Å². The molecule has 7 nitrogen and oxygen atoms in total. The molecule has 2 heterocycles. The van der Waals surface area contributed by atoms with Crippen molar-refractivity contribution in [3.63, 3.8) is 0 Å². The number of hydrogen-bond acceptors (Lipinski definition) is 5. The Hall–Kier alpha value is -1.87. The Bertz CT molecular complexity index is 924. The Morgan fingerprint density at radius 1 is 1.08 bits per heavy atom. The van der Waals surface area contributed by atoms with Crippen molar-refractivity contribution in [3.8, 4) is 0 Å². The molecule has 0 radical (unpaired) electrons. The van der Waals surface area contributed by atoms with Gasteiger partial charge < -0.3 is 10.6 Å². The molecule has 1 fully saturated rings. The molecule has 1 aromatic heterocycles. The molecule has 10 heteroatoms. The van der Waals surface area contributed by atoms with Gasteiger partial charge in [0.25, 0.3) is 5.91 Å². The number of sulfonamides is 1. The minimum atomic E-state index is -3.71. The molecule has 0 atom stereocenters. The molecule has 1 saturated heterocycles. The lowest BCUT2D eigenvalue weighted by Crippen LogP contribution is -2.49. The van der Waals surface area contributed by atoms with E-state index in [2.05, 4.69) is 4.98 Å². The van der Waals surface area contributed by atoms with Crippen LogP contribution in [0.1, 0.15) is 10.4 Å². The van der Waals surface area contributed by atoms with Gasteiger partial charge in [-0.1, -0.05) is 23.2 Å². The van der Waals surface area contributed by atoms with Crippen LogP contribution in [0, 0.1) is 0 Å². The summed E-state index contributed by atoms with van der Waals surface area (Å²) in [5.41, 5.74) is 5.70. The Kier molecular flexibility index (Phi) is 5.38. The molecule has 0 unspecified atom stereocenters. The third kappa shape index (κ3) is 3.78. The first-order valence-electron chi connectivity index (χ1n) is 7.75. The number of nitrogens with zero attached hydrogens (tertiary/aromatic N) is 3. The summed E-state index contributed by atoms with van der Waals surface area (Å²) in [4.78, 5) is 17.7. The highest BCUT2D eigenvalue weighted by atomic mass is 35.5. The normalized spacial score (nSPS) is 15.8. The fraction of sp³-hybridized carbons (Fsp3) is 0.250. The molecule has 0 bridgehead atoms. The van der Waals surface area contributed by atoms with E-state index >= 15 is 0 Å². The molecule has 0 saturated carbocycles. The van der Waals surface area contributed by atoms with Crippen molar-refractivity contribution in [1.29, 1.82) is 0 Å². The van der Waals surface area contributed by atoms with E-state index in [0.29, 0.717) is 24.5 Å². The molecule has 1 aromatic carbocycles. The molecule has 2 N–H and O–H groups in total. The number of piperazine rings is 1. The van der Waals surface area contributed by atoms with Crippen LogP contribution in [0.3, 0.4) is 0 Å². The van der Waals surface area contributed by atoms with E-state index in [-0.39, 0.29) is 28.0 Å². The van der Waals surface area contributed by atoms with Crippen LogP contribution >= 0.6 is 23.2 Å². The summed E-state index contributed by atoms with van der Waals surface area (Å²) in [7, 11) is -3.71. The standard InChI is InChI=1S/C16H16Cl2N4O3S/c17-11-8-12(18)10-13(9-11)26(24,25)22-6-4-21(5-7-22)16-14(15(19)23)2-1-3-20-16/h1-3,8-10H,4-7H2,(H2,19,23). The Morgan fingerprint density at radius 3 is 2.27 bits per heavy atom. The molecule has 1 aliphatic rings. The van der Waals surface area contributed by atoms with Crippen molar-refractivity contribution in [2.45, 2.75) is 4.90 Å². The number of pyridine rings is 1. The molecule has 0 aliphatic carbocycles.